The number of nitrogens with one attached hydrogen (secondary N) is 1. The summed E-state index contributed by atoms with van der Waals surface area (Å²) in [7, 11) is 0. The lowest BCUT2D eigenvalue weighted by atomic mass is 10.1. The Balaban J connectivity index is 1.46. The molecule has 2 fully saturated rings. The number of likely N-dealkylation sites (tertiary alicyclic amines) is 1. The first-order valence-electron chi connectivity index (χ1n) is 9.16. The van der Waals surface area contributed by atoms with Gasteiger partial charge in [-0.25, -0.2) is 0 Å². The van der Waals surface area contributed by atoms with Crippen molar-refractivity contribution >= 4 is 5.91 Å². The summed E-state index contributed by atoms with van der Waals surface area (Å²) in [5.74, 6) is 1.17. The molecule has 0 radical (unpaired) electrons. The number of amides is 1. The third-order valence-corrected chi connectivity index (χ3v) is 5.02. The average molecular weight is 335 g/mol. The van der Waals surface area contributed by atoms with Gasteiger partial charge in [-0.3, -0.25) is 14.6 Å². The van der Waals surface area contributed by atoms with E-state index in [4.69, 9.17) is 9.15 Å². The van der Waals surface area contributed by atoms with Crippen LogP contribution in [0.5, 0.6) is 0 Å². The molecule has 0 saturated carbocycles. The predicted molar refractivity (Wildman–Crippen MR) is 92.1 cm³/mol. The van der Waals surface area contributed by atoms with Crippen LogP contribution in [-0.2, 0) is 4.74 Å². The Bertz CT molecular complexity index is 519. The zero-order valence-corrected chi connectivity index (χ0v) is 14.6. The van der Waals surface area contributed by atoms with Crippen LogP contribution in [0, 0.1) is 0 Å². The number of hydrogen-bond acceptors (Lipinski definition) is 5. The molecule has 0 aromatic carbocycles. The van der Waals surface area contributed by atoms with Crippen LogP contribution >= 0.6 is 0 Å². The predicted octanol–water partition coefficient (Wildman–Crippen LogP) is 1.89. The standard InChI is InChI=1S/C18H29N3O3/c1-15(21-8-3-2-4-9-21)16-5-6-17(24-16)18(22)19-7-10-20-11-13-23-14-12-20/h5-6,15H,2-4,7-14H2,1H3,(H,19,22)/t15-/m1/s1. The molecule has 1 aromatic rings. The first kappa shape index (κ1) is 17.5. The molecule has 2 aliphatic rings. The van der Waals surface area contributed by atoms with Crippen molar-refractivity contribution in [3.05, 3.63) is 23.7 Å². The third kappa shape index (κ3) is 4.59. The van der Waals surface area contributed by atoms with Gasteiger partial charge >= 0.3 is 0 Å². The lowest BCUT2D eigenvalue weighted by molar-refractivity contribution is 0.0382. The van der Waals surface area contributed by atoms with Crippen molar-refractivity contribution in [3.8, 4) is 0 Å². The van der Waals surface area contributed by atoms with Crippen LogP contribution in [0.4, 0.5) is 0 Å². The summed E-state index contributed by atoms with van der Waals surface area (Å²) in [6.07, 6.45) is 3.82. The Morgan fingerprint density at radius 2 is 1.92 bits per heavy atom. The van der Waals surface area contributed by atoms with Gasteiger partial charge in [-0.1, -0.05) is 6.42 Å². The number of piperidine rings is 1. The van der Waals surface area contributed by atoms with E-state index in [1.54, 1.807) is 6.07 Å². The minimum absolute atomic E-state index is 0.125. The highest BCUT2D eigenvalue weighted by Crippen LogP contribution is 2.25. The monoisotopic (exact) mass is 335 g/mol. The van der Waals surface area contributed by atoms with Gasteiger partial charge in [-0.05, 0) is 45.0 Å². The van der Waals surface area contributed by atoms with Gasteiger partial charge in [0.25, 0.3) is 5.91 Å². The molecular weight excluding hydrogens is 306 g/mol. The number of carbonyl (C=O) groups excluding carboxylic acids is 1. The quantitative estimate of drug-likeness (QED) is 0.860. The summed E-state index contributed by atoms with van der Waals surface area (Å²) in [6, 6.07) is 3.97. The number of hydrogen-bond donors (Lipinski definition) is 1. The fourth-order valence-electron chi connectivity index (χ4n) is 3.42. The van der Waals surface area contributed by atoms with E-state index in [2.05, 4.69) is 22.0 Å². The zero-order chi connectivity index (χ0) is 16.8. The molecule has 0 spiro atoms. The topological polar surface area (TPSA) is 58.0 Å². The number of ether oxygens (including phenoxy) is 1. The Hall–Kier alpha value is -1.37. The average Bonchev–Trinajstić information content (AvgIpc) is 3.13. The minimum Gasteiger partial charge on any atom is -0.454 e. The van der Waals surface area contributed by atoms with E-state index in [-0.39, 0.29) is 11.9 Å². The molecule has 24 heavy (non-hydrogen) atoms. The maximum absolute atomic E-state index is 12.2. The van der Waals surface area contributed by atoms with Crippen LogP contribution in [0.15, 0.2) is 16.5 Å². The van der Waals surface area contributed by atoms with E-state index in [1.165, 1.54) is 19.3 Å². The highest BCUT2D eigenvalue weighted by molar-refractivity contribution is 5.91. The number of nitrogens with zero attached hydrogens (tertiary/aromatic N) is 2. The first-order chi connectivity index (χ1) is 11.7. The van der Waals surface area contributed by atoms with Gasteiger partial charge in [-0.2, -0.15) is 0 Å². The summed E-state index contributed by atoms with van der Waals surface area (Å²) in [4.78, 5) is 17.0. The number of morpholine rings is 1. The molecule has 1 aromatic heterocycles. The molecule has 3 rings (SSSR count). The summed E-state index contributed by atoms with van der Waals surface area (Å²) in [6.45, 7) is 9.32. The molecule has 3 heterocycles. The minimum atomic E-state index is -0.125. The summed E-state index contributed by atoms with van der Waals surface area (Å²) >= 11 is 0. The van der Waals surface area contributed by atoms with Gasteiger partial charge in [0.15, 0.2) is 5.76 Å². The van der Waals surface area contributed by atoms with Gasteiger partial charge in [-0.15, -0.1) is 0 Å². The van der Waals surface area contributed by atoms with Crippen LogP contribution in [0.1, 0.15) is 48.5 Å². The molecular formula is C18H29N3O3. The first-order valence-corrected chi connectivity index (χ1v) is 9.16. The second-order valence-electron chi connectivity index (χ2n) is 6.68. The maximum Gasteiger partial charge on any atom is 0.287 e. The fourth-order valence-corrected chi connectivity index (χ4v) is 3.42. The van der Waals surface area contributed by atoms with Crippen molar-refractivity contribution < 1.29 is 13.9 Å². The second kappa shape index (κ2) is 8.65. The molecule has 1 N–H and O–H groups in total. The zero-order valence-electron chi connectivity index (χ0n) is 14.6. The molecule has 134 valence electrons. The second-order valence-corrected chi connectivity index (χ2v) is 6.68. The molecule has 1 atom stereocenters. The van der Waals surface area contributed by atoms with Crippen molar-refractivity contribution in [2.45, 2.75) is 32.2 Å². The summed E-state index contributed by atoms with van der Waals surface area (Å²) < 4.78 is 11.1. The SMILES string of the molecule is C[C@H](c1ccc(C(=O)NCCN2CCOCC2)o1)N1CCCCC1. The van der Waals surface area contributed by atoms with Gasteiger partial charge in [0.1, 0.15) is 5.76 Å². The molecule has 0 aliphatic carbocycles. The number of furan rings is 1. The fraction of sp³-hybridized carbons (Fsp3) is 0.722. The van der Waals surface area contributed by atoms with Crippen LogP contribution in [-0.4, -0.2) is 68.2 Å². The van der Waals surface area contributed by atoms with Crippen LogP contribution < -0.4 is 5.32 Å². The Labute approximate surface area is 144 Å². The molecule has 6 nitrogen and oxygen atoms in total. The molecule has 2 aliphatic heterocycles. The van der Waals surface area contributed by atoms with Crippen molar-refractivity contribution in [2.75, 3.05) is 52.5 Å². The van der Waals surface area contributed by atoms with Crippen LogP contribution in [0.2, 0.25) is 0 Å². The van der Waals surface area contributed by atoms with Crippen LogP contribution in [0.3, 0.4) is 0 Å². The highest BCUT2D eigenvalue weighted by Gasteiger charge is 2.22. The van der Waals surface area contributed by atoms with Gasteiger partial charge in [0, 0.05) is 26.2 Å². The lowest BCUT2D eigenvalue weighted by Crippen LogP contribution is -2.41. The largest absolute Gasteiger partial charge is 0.454 e. The Morgan fingerprint density at radius 3 is 2.67 bits per heavy atom. The number of carbonyl (C=O) groups is 1. The Kier molecular flexibility index (Phi) is 6.29. The van der Waals surface area contributed by atoms with Crippen LogP contribution in [0.25, 0.3) is 0 Å². The van der Waals surface area contributed by atoms with E-state index in [9.17, 15) is 4.79 Å². The molecule has 6 heteroatoms. The van der Waals surface area contributed by atoms with Crippen molar-refractivity contribution in [1.82, 2.24) is 15.1 Å². The van der Waals surface area contributed by atoms with E-state index >= 15 is 0 Å². The number of rotatable bonds is 6. The van der Waals surface area contributed by atoms with Crippen molar-refractivity contribution in [1.29, 1.82) is 0 Å². The van der Waals surface area contributed by atoms with E-state index in [1.807, 2.05) is 6.07 Å². The van der Waals surface area contributed by atoms with E-state index in [0.29, 0.717) is 12.3 Å². The molecule has 0 unspecified atom stereocenters. The molecule has 1 amide bonds. The smallest absolute Gasteiger partial charge is 0.287 e. The van der Waals surface area contributed by atoms with Gasteiger partial charge in [0.2, 0.25) is 0 Å². The summed E-state index contributed by atoms with van der Waals surface area (Å²) in [5, 5.41) is 2.95. The van der Waals surface area contributed by atoms with Gasteiger partial charge in [0.05, 0.1) is 19.3 Å². The van der Waals surface area contributed by atoms with E-state index in [0.717, 1.165) is 51.7 Å². The lowest BCUT2D eigenvalue weighted by Gasteiger charge is -2.31. The highest BCUT2D eigenvalue weighted by atomic mass is 16.5. The van der Waals surface area contributed by atoms with Crippen molar-refractivity contribution in [2.24, 2.45) is 0 Å². The third-order valence-electron chi connectivity index (χ3n) is 5.02. The molecule has 0 bridgehead atoms. The van der Waals surface area contributed by atoms with E-state index < -0.39 is 0 Å². The molecule has 2 saturated heterocycles. The van der Waals surface area contributed by atoms with Crippen molar-refractivity contribution in [3.63, 3.8) is 0 Å². The maximum atomic E-state index is 12.2. The summed E-state index contributed by atoms with van der Waals surface area (Å²) in [5.41, 5.74) is 0. The van der Waals surface area contributed by atoms with Gasteiger partial charge < -0.3 is 14.5 Å². The Morgan fingerprint density at radius 1 is 1.17 bits per heavy atom. The normalized spacial score (nSPS) is 21.5.